The highest BCUT2D eigenvalue weighted by atomic mass is 32.2. The first-order valence-corrected chi connectivity index (χ1v) is 2.93. The van der Waals surface area contributed by atoms with Gasteiger partial charge in [-0.3, -0.25) is 0 Å². The van der Waals surface area contributed by atoms with Crippen molar-refractivity contribution in [2.75, 3.05) is 6.01 Å². The Labute approximate surface area is 39.3 Å². The number of alkyl halides is 1. The van der Waals surface area contributed by atoms with Crippen LogP contribution in [0, 0.1) is 0 Å². The molecule has 0 aliphatic heterocycles. The van der Waals surface area contributed by atoms with Gasteiger partial charge in [-0.05, 0) is 4.94 Å². The number of halogens is 2. The first-order valence-electron chi connectivity index (χ1n) is 1.28. The van der Waals surface area contributed by atoms with E-state index in [9.17, 15) is 17.3 Å². The molecule has 0 heterocycles. The van der Waals surface area contributed by atoms with Crippen molar-refractivity contribution in [1.29, 1.82) is 0 Å². The summed E-state index contributed by atoms with van der Waals surface area (Å²) in [5, 5.41) is 0. The van der Waals surface area contributed by atoms with Crippen LogP contribution in [0.2, 0.25) is 0 Å². The summed E-state index contributed by atoms with van der Waals surface area (Å²) in [6.45, 7) is 0. The molecule has 0 aromatic rings. The topological polar surface area (TPSA) is 46.2 Å². The van der Waals surface area contributed by atoms with Crippen molar-refractivity contribution in [2.45, 2.75) is 0 Å². The molecule has 0 amide bonds. The van der Waals surface area contributed by atoms with Crippen LogP contribution in [0.5, 0.6) is 0 Å². The maximum Gasteiger partial charge on any atom is 0.267 e. The third-order valence-electron chi connectivity index (χ3n) is 0.261. The summed E-state index contributed by atoms with van der Waals surface area (Å²) in [7, 11) is -4.24. The van der Waals surface area contributed by atoms with E-state index in [-0.39, 0.29) is 4.94 Å². The van der Waals surface area contributed by atoms with Crippen LogP contribution in [0.25, 0.3) is 0 Å². The summed E-state index contributed by atoms with van der Waals surface area (Å²) >= 11 is 0. The molecule has 1 N–H and O–H groups in total. The fraction of sp³-hybridized carbons (Fsp3) is 1.00. The van der Waals surface area contributed by atoms with Gasteiger partial charge >= 0.3 is 0 Å². The van der Waals surface area contributed by atoms with Gasteiger partial charge in [-0.2, -0.15) is 0 Å². The lowest BCUT2D eigenvalue weighted by atomic mass is 11.8. The van der Waals surface area contributed by atoms with Crippen LogP contribution >= 0.6 is 0 Å². The van der Waals surface area contributed by atoms with Crippen LogP contribution in [0.1, 0.15) is 0 Å². The molecule has 3 nitrogen and oxygen atoms in total. The van der Waals surface area contributed by atoms with Crippen molar-refractivity contribution in [3.05, 3.63) is 0 Å². The van der Waals surface area contributed by atoms with Crippen LogP contribution < -0.4 is 4.94 Å². The van der Waals surface area contributed by atoms with Crippen LogP contribution in [-0.4, -0.2) is 14.4 Å². The molecular formula is CH3F2NO2S. The molecule has 0 unspecified atom stereocenters. The average molecular weight is 131 g/mol. The summed E-state index contributed by atoms with van der Waals surface area (Å²) in [6, 6.07) is -1.72. The van der Waals surface area contributed by atoms with Gasteiger partial charge in [0.2, 0.25) is 6.01 Å². The van der Waals surface area contributed by atoms with Gasteiger partial charge in [0, 0.05) is 0 Å². The SMILES string of the molecule is O=S(=O)(CF)NF. The van der Waals surface area contributed by atoms with E-state index in [1.165, 1.54) is 0 Å². The molecule has 0 aromatic heterocycles. The minimum absolute atomic E-state index is 0.288. The van der Waals surface area contributed by atoms with Gasteiger partial charge < -0.3 is 0 Å². The zero-order valence-electron chi connectivity index (χ0n) is 3.19. The lowest BCUT2D eigenvalue weighted by molar-refractivity contribution is 0.413. The van der Waals surface area contributed by atoms with E-state index in [2.05, 4.69) is 0 Å². The van der Waals surface area contributed by atoms with E-state index in [1.807, 2.05) is 0 Å². The molecule has 44 valence electrons. The van der Waals surface area contributed by atoms with E-state index in [0.29, 0.717) is 0 Å². The minimum Gasteiger partial charge on any atom is -0.232 e. The normalized spacial score (nSPS) is 11.7. The van der Waals surface area contributed by atoms with Crippen molar-refractivity contribution in [1.82, 2.24) is 4.94 Å². The average Bonchev–Trinajstić information content (AvgIpc) is 1.68. The lowest BCUT2D eigenvalue weighted by Crippen LogP contribution is -2.15. The maximum atomic E-state index is 10.9. The van der Waals surface area contributed by atoms with Crippen molar-refractivity contribution in [3.8, 4) is 0 Å². The van der Waals surface area contributed by atoms with E-state index in [4.69, 9.17) is 0 Å². The van der Waals surface area contributed by atoms with Gasteiger partial charge in [-0.1, -0.05) is 0 Å². The summed E-state index contributed by atoms with van der Waals surface area (Å²) in [5.41, 5.74) is 0. The van der Waals surface area contributed by atoms with Gasteiger partial charge in [-0.15, -0.1) is 4.48 Å². The Hall–Kier alpha value is -0.230. The summed E-state index contributed by atoms with van der Waals surface area (Å²) in [5.74, 6) is 0. The molecule has 0 aliphatic carbocycles. The van der Waals surface area contributed by atoms with Crippen molar-refractivity contribution in [2.24, 2.45) is 0 Å². The summed E-state index contributed by atoms with van der Waals surface area (Å²) < 4.78 is 40.6. The first kappa shape index (κ1) is 6.77. The minimum atomic E-state index is -4.24. The summed E-state index contributed by atoms with van der Waals surface area (Å²) in [6.07, 6.45) is 0. The van der Waals surface area contributed by atoms with E-state index in [0.717, 1.165) is 0 Å². The van der Waals surface area contributed by atoms with Crippen molar-refractivity contribution >= 4 is 10.0 Å². The molecule has 0 atom stereocenters. The molecule has 0 rings (SSSR count). The molecule has 0 radical (unpaired) electrons. The van der Waals surface area contributed by atoms with Crippen LogP contribution in [0.4, 0.5) is 8.87 Å². The van der Waals surface area contributed by atoms with E-state index in [1.54, 1.807) is 0 Å². The Morgan fingerprint density at radius 3 is 2.00 bits per heavy atom. The van der Waals surface area contributed by atoms with Gasteiger partial charge in [0.05, 0.1) is 0 Å². The standard InChI is InChI=1S/CH3F2NO2S/c2-1-7(5,6)4-3/h4H,1H2. The fourth-order valence-electron chi connectivity index (χ4n) is 0.0206. The third kappa shape index (κ3) is 2.46. The Morgan fingerprint density at radius 1 is 1.57 bits per heavy atom. The predicted octanol–water partition coefficient (Wildman–Crippen LogP) is -0.283. The smallest absolute Gasteiger partial charge is 0.232 e. The largest absolute Gasteiger partial charge is 0.267 e. The Bertz CT molecular complexity index is 119. The highest BCUT2D eigenvalue weighted by molar-refractivity contribution is 7.89. The van der Waals surface area contributed by atoms with Crippen LogP contribution in [0.15, 0.2) is 0 Å². The van der Waals surface area contributed by atoms with Gasteiger partial charge in [-0.25, -0.2) is 12.8 Å². The Balaban J connectivity index is 3.89. The molecule has 0 bridgehead atoms. The molecule has 0 aliphatic rings. The van der Waals surface area contributed by atoms with Crippen molar-refractivity contribution < 1.29 is 17.3 Å². The second-order valence-corrected chi connectivity index (χ2v) is 2.40. The number of sulfonamides is 1. The monoisotopic (exact) mass is 131 g/mol. The fourth-order valence-corrected chi connectivity index (χ4v) is 0.0619. The van der Waals surface area contributed by atoms with Crippen LogP contribution in [0.3, 0.4) is 0 Å². The number of hydrogen-bond donors (Lipinski definition) is 1. The highest BCUT2D eigenvalue weighted by Gasteiger charge is 2.04. The zero-order chi connectivity index (χ0) is 5.91. The maximum absolute atomic E-state index is 10.9. The molecule has 7 heavy (non-hydrogen) atoms. The van der Waals surface area contributed by atoms with Gasteiger partial charge in [0.15, 0.2) is 0 Å². The van der Waals surface area contributed by atoms with E-state index >= 15 is 0 Å². The Morgan fingerprint density at radius 2 is 2.00 bits per heavy atom. The molecule has 0 saturated carbocycles. The second-order valence-electron chi connectivity index (χ2n) is 0.801. The van der Waals surface area contributed by atoms with Crippen molar-refractivity contribution in [3.63, 3.8) is 0 Å². The molecular weight excluding hydrogens is 128 g/mol. The zero-order valence-corrected chi connectivity index (χ0v) is 4.00. The molecule has 0 fully saturated rings. The van der Waals surface area contributed by atoms with Crippen LogP contribution in [-0.2, 0) is 10.0 Å². The highest BCUT2D eigenvalue weighted by Crippen LogP contribution is 1.81. The molecule has 0 aromatic carbocycles. The first-order chi connectivity index (χ1) is 3.12. The third-order valence-corrected chi connectivity index (χ3v) is 0.784. The number of rotatable bonds is 2. The number of nitrogens with one attached hydrogen (secondary N) is 1. The van der Waals surface area contributed by atoms with Gasteiger partial charge in [0.1, 0.15) is 0 Å². The summed E-state index contributed by atoms with van der Waals surface area (Å²) in [4.78, 5) is 0.288. The second kappa shape index (κ2) is 2.17. The lowest BCUT2D eigenvalue weighted by Gasteiger charge is -1.85. The molecule has 0 saturated heterocycles. The molecule has 0 spiro atoms. The number of hydrogen-bond acceptors (Lipinski definition) is 2. The quantitative estimate of drug-likeness (QED) is 0.524. The predicted molar refractivity (Wildman–Crippen MR) is 19.1 cm³/mol. The Kier molecular flexibility index (Phi) is 2.10. The van der Waals surface area contributed by atoms with Gasteiger partial charge in [0.25, 0.3) is 10.0 Å². The van der Waals surface area contributed by atoms with E-state index < -0.39 is 16.0 Å². The molecule has 6 heteroatoms.